The van der Waals surface area contributed by atoms with Crippen LogP contribution in [0.15, 0.2) is 10.9 Å². The minimum absolute atomic E-state index is 0.194. The minimum Gasteiger partial charge on any atom is -0.503 e. The fraction of sp³-hybridized carbons (Fsp3) is 0.600. The van der Waals surface area contributed by atoms with E-state index in [0.717, 1.165) is 37.8 Å². The van der Waals surface area contributed by atoms with E-state index in [9.17, 15) is 14.7 Å². The summed E-state index contributed by atoms with van der Waals surface area (Å²) >= 11 is 0. The van der Waals surface area contributed by atoms with Crippen molar-refractivity contribution in [1.29, 1.82) is 0 Å². The van der Waals surface area contributed by atoms with E-state index in [-0.39, 0.29) is 17.6 Å². The Hall–Kier alpha value is -1.78. The van der Waals surface area contributed by atoms with Crippen LogP contribution in [-0.2, 0) is 0 Å². The molecule has 20 heavy (non-hydrogen) atoms. The predicted molar refractivity (Wildman–Crippen MR) is 75.1 cm³/mol. The molecule has 1 aliphatic heterocycles. The van der Waals surface area contributed by atoms with Gasteiger partial charge in [0.25, 0.3) is 5.91 Å². The van der Waals surface area contributed by atoms with Crippen LogP contribution in [0, 0.1) is 6.92 Å². The van der Waals surface area contributed by atoms with Gasteiger partial charge in [-0.05, 0) is 39.0 Å². The number of aryl methyl sites for hydroxylation is 1. The zero-order valence-electron chi connectivity index (χ0n) is 11.8. The Kier molecular flexibility index (Phi) is 3.28. The maximum Gasteiger partial charge on any atom is 0.274 e. The molecule has 5 nitrogen and oxygen atoms in total. The molecule has 0 bridgehead atoms. The smallest absolute Gasteiger partial charge is 0.274 e. The van der Waals surface area contributed by atoms with Crippen LogP contribution in [0.5, 0.6) is 5.75 Å². The lowest BCUT2D eigenvalue weighted by atomic mass is 10.1. The maximum atomic E-state index is 12.7. The summed E-state index contributed by atoms with van der Waals surface area (Å²) in [6.45, 7) is 3.25. The van der Waals surface area contributed by atoms with Crippen LogP contribution in [0.1, 0.15) is 54.3 Å². The van der Waals surface area contributed by atoms with E-state index in [1.165, 1.54) is 6.07 Å². The number of pyridine rings is 1. The van der Waals surface area contributed by atoms with E-state index in [2.05, 4.69) is 0 Å². The van der Waals surface area contributed by atoms with E-state index < -0.39 is 11.2 Å². The highest BCUT2D eigenvalue weighted by atomic mass is 16.3. The van der Waals surface area contributed by atoms with Gasteiger partial charge in [0.1, 0.15) is 0 Å². The molecule has 2 fully saturated rings. The number of piperidine rings is 1. The average molecular weight is 276 g/mol. The topological polar surface area (TPSA) is 62.5 Å². The van der Waals surface area contributed by atoms with Crippen molar-refractivity contribution in [3.8, 4) is 5.75 Å². The van der Waals surface area contributed by atoms with E-state index in [0.29, 0.717) is 13.1 Å². The highest BCUT2D eigenvalue weighted by Crippen LogP contribution is 2.38. The molecule has 1 aromatic rings. The van der Waals surface area contributed by atoms with Gasteiger partial charge in [-0.3, -0.25) is 9.59 Å². The lowest BCUT2D eigenvalue weighted by Gasteiger charge is -2.28. The molecular formula is C15H20N2O3. The summed E-state index contributed by atoms with van der Waals surface area (Å²) in [5.41, 5.74) is 0.495. The fourth-order valence-corrected chi connectivity index (χ4v) is 2.99. The van der Waals surface area contributed by atoms with Gasteiger partial charge in [-0.1, -0.05) is 0 Å². The van der Waals surface area contributed by atoms with Crippen LogP contribution >= 0.6 is 0 Å². The lowest BCUT2D eigenvalue weighted by Crippen LogP contribution is -2.38. The lowest BCUT2D eigenvalue weighted by molar-refractivity contribution is 0.0707. The van der Waals surface area contributed by atoms with Gasteiger partial charge < -0.3 is 14.6 Å². The number of hydrogen-bond acceptors (Lipinski definition) is 3. The van der Waals surface area contributed by atoms with Crippen LogP contribution in [0.2, 0.25) is 0 Å². The van der Waals surface area contributed by atoms with Crippen molar-refractivity contribution in [3.05, 3.63) is 27.7 Å². The number of aromatic nitrogens is 1. The maximum absolute atomic E-state index is 12.7. The van der Waals surface area contributed by atoms with Gasteiger partial charge in [0.05, 0.1) is 0 Å². The van der Waals surface area contributed by atoms with Gasteiger partial charge in [0.15, 0.2) is 11.4 Å². The first kappa shape index (κ1) is 13.2. The molecule has 2 heterocycles. The standard InChI is InChI=1S/C15H20N2O3/c1-10-9-12(18)14(19)13(17(10)11-5-6-11)15(20)16-7-3-2-4-8-16/h9,11,19H,2-8H2,1H3. The molecule has 0 radical (unpaired) electrons. The van der Waals surface area contributed by atoms with Crippen LogP contribution in [0.4, 0.5) is 0 Å². The summed E-state index contributed by atoms with van der Waals surface area (Å²) in [5.74, 6) is -0.590. The van der Waals surface area contributed by atoms with Gasteiger partial charge in [-0.25, -0.2) is 0 Å². The third kappa shape index (κ3) is 2.21. The second-order valence-corrected chi connectivity index (χ2v) is 5.80. The van der Waals surface area contributed by atoms with Crippen molar-refractivity contribution >= 4 is 5.91 Å². The predicted octanol–water partition coefficient (Wildman–Crippen LogP) is 1.82. The Balaban J connectivity index is 2.06. The molecule has 108 valence electrons. The average Bonchev–Trinajstić information content (AvgIpc) is 3.27. The van der Waals surface area contributed by atoms with Gasteiger partial charge in [-0.15, -0.1) is 0 Å². The van der Waals surface area contributed by atoms with Gasteiger partial charge in [0, 0.05) is 30.9 Å². The fourth-order valence-electron chi connectivity index (χ4n) is 2.99. The SMILES string of the molecule is Cc1cc(=O)c(O)c(C(=O)N2CCCCC2)n1C1CC1. The molecule has 1 amide bonds. The number of hydrogen-bond donors (Lipinski definition) is 1. The van der Waals surface area contributed by atoms with E-state index in [1.807, 2.05) is 11.5 Å². The Labute approximate surface area is 117 Å². The molecule has 0 unspecified atom stereocenters. The van der Waals surface area contributed by atoms with Crippen molar-refractivity contribution in [2.24, 2.45) is 0 Å². The summed E-state index contributed by atoms with van der Waals surface area (Å²) in [7, 11) is 0. The highest BCUT2D eigenvalue weighted by molar-refractivity contribution is 5.95. The number of rotatable bonds is 2. The molecule has 1 N–H and O–H groups in total. The Morgan fingerprint density at radius 2 is 1.90 bits per heavy atom. The third-order valence-electron chi connectivity index (χ3n) is 4.18. The van der Waals surface area contributed by atoms with Gasteiger partial charge in [0.2, 0.25) is 5.43 Å². The van der Waals surface area contributed by atoms with Gasteiger partial charge in [-0.2, -0.15) is 0 Å². The summed E-state index contributed by atoms with van der Waals surface area (Å²) in [5, 5.41) is 10.1. The number of likely N-dealkylation sites (tertiary alicyclic amines) is 1. The molecule has 1 saturated heterocycles. The molecule has 0 spiro atoms. The van der Waals surface area contributed by atoms with Crippen LogP contribution in [-0.4, -0.2) is 33.6 Å². The second kappa shape index (κ2) is 4.96. The molecule has 0 aromatic carbocycles. The first-order chi connectivity index (χ1) is 9.59. The van der Waals surface area contributed by atoms with Crippen molar-refractivity contribution in [3.63, 3.8) is 0 Å². The molecule has 3 rings (SSSR count). The monoisotopic (exact) mass is 276 g/mol. The third-order valence-corrected chi connectivity index (χ3v) is 4.18. The van der Waals surface area contributed by atoms with Crippen molar-refractivity contribution in [2.45, 2.75) is 45.1 Å². The van der Waals surface area contributed by atoms with Crippen molar-refractivity contribution in [2.75, 3.05) is 13.1 Å². The molecule has 0 atom stereocenters. The number of nitrogens with zero attached hydrogens (tertiary/aromatic N) is 2. The minimum atomic E-state index is -0.459. The largest absolute Gasteiger partial charge is 0.503 e. The molecule has 1 saturated carbocycles. The Bertz CT molecular complexity index is 596. The molecule has 5 heteroatoms. The highest BCUT2D eigenvalue weighted by Gasteiger charge is 2.33. The molecule has 1 aliphatic carbocycles. The summed E-state index contributed by atoms with van der Waals surface area (Å²) < 4.78 is 1.85. The molecule has 1 aromatic heterocycles. The van der Waals surface area contributed by atoms with Gasteiger partial charge >= 0.3 is 0 Å². The number of amides is 1. The second-order valence-electron chi connectivity index (χ2n) is 5.80. The van der Waals surface area contributed by atoms with E-state index >= 15 is 0 Å². The van der Waals surface area contributed by atoms with Crippen LogP contribution in [0.25, 0.3) is 0 Å². The van der Waals surface area contributed by atoms with Crippen molar-refractivity contribution < 1.29 is 9.90 Å². The summed E-state index contributed by atoms with van der Waals surface area (Å²) in [6.07, 6.45) is 5.13. The summed E-state index contributed by atoms with van der Waals surface area (Å²) in [6, 6.07) is 1.67. The Morgan fingerprint density at radius 1 is 1.25 bits per heavy atom. The van der Waals surface area contributed by atoms with E-state index in [1.54, 1.807) is 4.90 Å². The molecular weight excluding hydrogens is 256 g/mol. The number of carbonyl (C=O) groups excluding carboxylic acids is 1. The molecule has 2 aliphatic rings. The zero-order chi connectivity index (χ0) is 14.3. The number of carbonyl (C=O) groups is 1. The first-order valence-electron chi connectivity index (χ1n) is 7.34. The first-order valence-corrected chi connectivity index (χ1v) is 7.34. The normalized spacial score (nSPS) is 19.1. The zero-order valence-corrected chi connectivity index (χ0v) is 11.8. The number of aromatic hydroxyl groups is 1. The van der Waals surface area contributed by atoms with Crippen LogP contribution in [0.3, 0.4) is 0 Å². The Morgan fingerprint density at radius 3 is 2.50 bits per heavy atom. The van der Waals surface area contributed by atoms with Crippen molar-refractivity contribution in [1.82, 2.24) is 9.47 Å². The quantitative estimate of drug-likeness (QED) is 0.896. The summed E-state index contributed by atoms with van der Waals surface area (Å²) in [4.78, 5) is 26.3. The van der Waals surface area contributed by atoms with E-state index in [4.69, 9.17) is 0 Å². The van der Waals surface area contributed by atoms with Crippen LogP contribution < -0.4 is 5.43 Å².